The molecule has 4 heteroatoms. The van der Waals surface area contributed by atoms with Crippen LogP contribution in [0.4, 0.5) is 0 Å². The van der Waals surface area contributed by atoms with Crippen molar-refractivity contribution in [3.8, 4) is 17.1 Å². The molecule has 0 aliphatic rings. The van der Waals surface area contributed by atoms with Crippen molar-refractivity contribution in [3.05, 3.63) is 77.6 Å². The number of carbonyl (C=O) groups excluding carboxylic acids is 1. The Labute approximate surface area is 211 Å². The number of hydrogen-bond acceptors (Lipinski definition) is 4. The van der Waals surface area contributed by atoms with Crippen LogP contribution >= 0.6 is 0 Å². The maximum Gasteiger partial charge on any atom is 0.343 e. The van der Waals surface area contributed by atoms with Gasteiger partial charge in [0, 0.05) is 18.0 Å². The topological polar surface area (TPSA) is 52.1 Å². The standard InChI is InChI=1S/C31H40N2O2/c1-4-6-7-8-9-10-11-12-26-22-32-30(33-23-26)27-17-19-29(20-18-27)35-31(34)28-15-13-25(14-16-28)21-24(3)5-2/h13-20,22-24H,4-12,21H2,1-3H3. The Bertz CT molecular complexity index is 1010. The fourth-order valence-corrected chi connectivity index (χ4v) is 4.08. The summed E-state index contributed by atoms with van der Waals surface area (Å²) < 4.78 is 5.56. The van der Waals surface area contributed by atoms with Gasteiger partial charge in [0.15, 0.2) is 5.82 Å². The van der Waals surface area contributed by atoms with Gasteiger partial charge in [-0.1, -0.05) is 77.8 Å². The average molecular weight is 473 g/mol. The molecule has 0 saturated heterocycles. The lowest BCUT2D eigenvalue weighted by Gasteiger charge is -2.09. The lowest BCUT2D eigenvalue weighted by atomic mass is 9.98. The SMILES string of the molecule is CCCCCCCCCc1cnc(-c2ccc(OC(=O)c3ccc(CC(C)CC)cc3)cc2)nc1. The molecule has 3 rings (SSSR count). The van der Waals surface area contributed by atoms with Gasteiger partial charge in [-0.2, -0.15) is 0 Å². The molecule has 186 valence electrons. The van der Waals surface area contributed by atoms with E-state index in [0.717, 1.165) is 24.8 Å². The van der Waals surface area contributed by atoms with Crippen LogP contribution in [0.3, 0.4) is 0 Å². The van der Waals surface area contributed by atoms with Crippen molar-refractivity contribution in [2.75, 3.05) is 0 Å². The highest BCUT2D eigenvalue weighted by Gasteiger charge is 2.10. The highest BCUT2D eigenvalue weighted by Crippen LogP contribution is 2.21. The molecule has 0 N–H and O–H groups in total. The lowest BCUT2D eigenvalue weighted by molar-refractivity contribution is 0.0735. The first-order chi connectivity index (χ1) is 17.1. The molecular formula is C31H40N2O2. The number of nitrogens with zero attached hydrogens (tertiary/aromatic N) is 2. The summed E-state index contributed by atoms with van der Waals surface area (Å²) >= 11 is 0. The number of unbranched alkanes of at least 4 members (excludes halogenated alkanes) is 6. The van der Waals surface area contributed by atoms with Crippen molar-refractivity contribution < 1.29 is 9.53 Å². The van der Waals surface area contributed by atoms with Gasteiger partial charge in [-0.3, -0.25) is 0 Å². The number of aromatic nitrogens is 2. The van der Waals surface area contributed by atoms with Gasteiger partial charge < -0.3 is 4.74 Å². The zero-order valence-corrected chi connectivity index (χ0v) is 21.6. The number of benzene rings is 2. The molecule has 3 aromatic rings. The minimum atomic E-state index is -0.348. The predicted octanol–water partition coefficient (Wildman–Crippen LogP) is 8.24. The molecule has 4 nitrogen and oxygen atoms in total. The molecule has 0 spiro atoms. The third kappa shape index (κ3) is 8.93. The van der Waals surface area contributed by atoms with Gasteiger partial charge in [-0.25, -0.2) is 14.8 Å². The van der Waals surface area contributed by atoms with Crippen molar-refractivity contribution >= 4 is 5.97 Å². The van der Waals surface area contributed by atoms with Crippen LogP contribution in [0.2, 0.25) is 0 Å². The van der Waals surface area contributed by atoms with E-state index < -0.39 is 0 Å². The number of carbonyl (C=O) groups is 1. The van der Waals surface area contributed by atoms with E-state index in [4.69, 9.17) is 4.74 Å². The van der Waals surface area contributed by atoms with Crippen molar-refractivity contribution in [1.29, 1.82) is 0 Å². The van der Waals surface area contributed by atoms with Gasteiger partial charge in [-0.05, 0) is 72.7 Å². The predicted molar refractivity (Wildman–Crippen MR) is 144 cm³/mol. The summed E-state index contributed by atoms with van der Waals surface area (Å²) in [6, 6.07) is 15.1. The zero-order valence-electron chi connectivity index (χ0n) is 21.6. The largest absolute Gasteiger partial charge is 0.423 e. The second-order valence-corrected chi connectivity index (χ2v) is 9.61. The molecule has 1 aromatic heterocycles. The Hall–Kier alpha value is -3.01. The fraction of sp³-hybridized carbons (Fsp3) is 0.452. The van der Waals surface area contributed by atoms with Gasteiger partial charge in [0.25, 0.3) is 0 Å². The smallest absolute Gasteiger partial charge is 0.343 e. The zero-order chi connectivity index (χ0) is 24.9. The van der Waals surface area contributed by atoms with Crippen LogP contribution in [-0.2, 0) is 12.8 Å². The molecule has 0 radical (unpaired) electrons. The lowest BCUT2D eigenvalue weighted by Crippen LogP contribution is -2.08. The summed E-state index contributed by atoms with van der Waals surface area (Å²) in [4.78, 5) is 21.6. The molecule has 1 unspecified atom stereocenters. The molecule has 1 heterocycles. The van der Waals surface area contributed by atoms with Crippen LogP contribution in [0.25, 0.3) is 11.4 Å². The summed E-state index contributed by atoms with van der Waals surface area (Å²) in [7, 11) is 0. The van der Waals surface area contributed by atoms with E-state index in [2.05, 4.69) is 30.7 Å². The van der Waals surface area contributed by atoms with Crippen LogP contribution < -0.4 is 4.74 Å². The molecule has 0 aliphatic carbocycles. The first-order valence-electron chi connectivity index (χ1n) is 13.3. The highest BCUT2D eigenvalue weighted by molar-refractivity contribution is 5.91. The van der Waals surface area contributed by atoms with Gasteiger partial charge in [-0.15, -0.1) is 0 Å². The van der Waals surface area contributed by atoms with Crippen molar-refractivity contribution in [3.63, 3.8) is 0 Å². The molecular weight excluding hydrogens is 432 g/mol. The highest BCUT2D eigenvalue weighted by atomic mass is 16.5. The Morgan fingerprint density at radius 2 is 1.43 bits per heavy atom. The monoisotopic (exact) mass is 472 g/mol. The van der Waals surface area contributed by atoms with Crippen LogP contribution in [0.1, 0.15) is 93.6 Å². The summed E-state index contributed by atoms with van der Waals surface area (Å²) in [5.74, 6) is 1.48. The fourth-order valence-electron chi connectivity index (χ4n) is 4.08. The molecule has 0 amide bonds. The molecule has 0 bridgehead atoms. The minimum absolute atomic E-state index is 0.348. The molecule has 0 saturated carbocycles. The molecule has 35 heavy (non-hydrogen) atoms. The number of ether oxygens (including phenoxy) is 1. The quantitative estimate of drug-likeness (QED) is 0.135. The maximum absolute atomic E-state index is 12.5. The Morgan fingerprint density at radius 1 is 0.800 bits per heavy atom. The minimum Gasteiger partial charge on any atom is -0.423 e. The number of aryl methyl sites for hydroxylation is 1. The molecule has 0 fully saturated rings. The molecule has 1 atom stereocenters. The average Bonchev–Trinajstić information content (AvgIpc) is 2.89. The van der Waals surface area contributed by atoms with Gasteiger partial charge >= 0.3 is 5.97 Å². The van der Waals surface area contributed by atoms with Crippen LogP contribution in [0, 0.1) is 5.92 Å². The molecule has 2 aromatic carbocycles. The normalized spacial score (nSPS) is 11.9. The molecule has 0 aliphatic heterocycles. The third-order valence-electron chi connectivity index (χ3n) is 6.57. The maximum atomic E-state index is 12.5. The number of hydrogen-bond donors (Lipinski definition) is 0. The Morgan fingerprint density at radius 3 is 2.06 bits per heavy atom. The van der Waals surface area contributed by atoms with Crippen molar-refractivity contribution in [1.82, 2.24) is 9.97 Å². The summed E-state index contributed by atoms with van der Waals surface area (Å²) in [5.41, 5.74) is 3.89. The van der Waals surface area contributed by atoms with Crippen molar-refractivity contribution in [2.24, 2.45) is 5.92 Å². The first kappa shape index (κ1) is 26.6. The summed E-state index contributed by atoms with van der Waals surface area (Å²) in [6.45, 7) is 6.69. The van der Waals surface area contributed by atoms with E-state index in [1.54, 1.807) is 12.1 Å². The van der Waals surface area contributed by atoms with Gasteiger partial charge in [0.2, 0.25) is 0 Å². The summed E-state index contributed by atoms with van der Waals surface area (Å²) in [5, 5.41) is 0. The summed E-state index contributed by atoms with van der Waals surface area (Å²) in [6.07, 6.45) is 16.2. The van der Waals surface area contributed by atoms with Crippen LogP contribution in [-0.4, -0.2) is 15.9 Å². The second kappa shape index (κ2) is 14.4. The Kier molecular flexibility index (Phi) is 10.9. The van der Waals surface area contributed by atoms with E-state index >= 15 is 0 Å². The number of esters is 1. The van der Waals surface area contributed by atoms with E-state index in [9.17, 15) is 4.79 Å². The van der Waals surface area contributed by atoms with Gasteiger partial charge in [0.1, 0.15) is 5.75 Å². The van der Waals surface area contributed by atoms with E-state index in [0.29, 0.717) is 23.1 Å². The van der Waals surface area contributed by atoms with Crippen LogP contribution in [0.5, 0.6) is 5.75 Å². The van der Waals surface area contributed by atoms with Gasteiger partial charge in [0.05, 0.1) is 5.56 Å². The second-order valence-electron chi connectivity index (χ2n) is 9.61. The third-order valence-corrected chi connectivity index (χ3v) is 6.57. The van der Waals surface area contributed by atoms with Crippen molar-refractivity contribution in [2.45, 2.75) is 85.0 Å². The first-order valence-corrected chi connectivity index (χ1v) is 13.3. The van der Waals surface area contributed by atoms with E-state index in [1.807, 2.05) is 48.8 Å². The van der Waals surface area contributed by atoms with E-state index in [1.165, 1.54) is 56.1 Å². The van der Waals surface area contributed by atoms with Crippen LogP contribution in [0.15, 0.2) is 60.9 Å². The Balaban J connectivity index is 1.47. The number of rotatable bonds is 14. The van der Waals surface area contributed by atoms with E-state index in [-0.39, 0.29) is 5.97 Å².